The van der Waals surface area contributed by atoms with Crippen molar-refractivity contribution >= 4 is 0 Å². The van der Waals surface area contributed by atoms with Gasteiger partial charge in [0.15, 0.2) is 5.75 Å². The number of ether oxygens (including phenoxy) is 1. The van der Waals surface area contributed by atoms with Crippen molar-refractivity contribution in [3.05, 3.63) is 23.5 Å². The van der Waals surface area contributed by atoms with E-state index in [1.165, 1.54) is 13.1 Å². The van der Waals surface area contributed by atoms with Crippen molar-refractivity contribution in [2.75, 3.05) is 0 Å². The van der Waals surface area contributed by atoms with Gasteiger partial charge < -0.3 is 4.74 Å². The molecule has 1 aromatic heterocycles. The van der Waals surface area contributed by atoms with E-state index in [2.05, 4.69) is 9.72 Å². The Hall–Kier alpha value is -1.33. The molecule has 0 aliphatic carbocycles. The van der Waals surface area contributed by atoms with Crippen LogP contribution in [0.2, 0.25) is 0 Å². The Balaban J connectivity index is 3.02. The molecule has 0 radical (unpaired) electrons. The van der Waals surface area contributed by atoms with Crippen molar-refractivity contribution in [2.24, 2.45) is 0 Å². The molecule has 1 aromatic rings. The van der Waals surface area contributed by atoms with Crippen LogP contribution in [0.3, 0.4) is 0 Å². The van der Waals surface area contributed by atoms with E-state index in [-0.39, 0.29) is 5.56 Å². The fraction of sp³-hybridized carbons (Fsp3) is 0.375. The monoisotopic (exact) mass is 209 g/mol. The van der Waals surface area contributed by atoms with Crippen LogP contribution in [0.5, 0.6) is 5.75 Å². The first-order valence-corrected chi connectivity index (χ1v) is 3.69. The highest BCUT2D eigenvalue weighted by Crippen LogP contribution is 2.27. The second-order valence-electron chi connectivity index (χ2n) is 2.61. The summed E-state index contributed by atoms with van der Waals surface area (Å²) in [4.78, 5) is 3.49. The van der Waals surface area contributed by atoms with Gasteiger partial charge in [0.25, 0.3) is 0 Å². The van der Waals surface area contributed by atoms with Gasteiger partial charge in [-0.3, -0.25) is 4.98 Å². The molecule has 0 fully saturated rings. The van der Waals surface area contributed by atoms with E-state index >= 15 is 0 Å². The molecule has 0 N–H and O–H groups in total. The third kappa shape index (κ3) is 2.58. The van der Waals surface area contributed by atoms with E-state index in [1.807, 2.05) is 0 Å². The maximum absolute atomic E-state index is 12.3. The summed E-state index contributed by atoms with van der Waals surface area (Å²) in [5.41, 5.74) is 0.201. The summed E-state index contributed by atoms with van der Waals surface area (Å²) in [6, 6.07) is 0. The van der Waals surface area contributed by atoms with Gasteiger partial charge in [0.2, 0.25) is 0 Å². The molecule has 6 heteroatoms. The molecule has 1 heterocycles. The molecule has 2 nitrogen and oxygen atoms in total. The summed E-state index contributed by atoms with van der Waals surface area (Å²) in [6.45, 7) is 0.449. The van der Waals surface area contributed by atoms with E-state index in [0.717, 1.165) is 6.20 Å². The second-order valence-corrected chi connectivity index (χ2v) is 2.61. The van der Waals surface area contributed by atoms with Crippen LogP contribution in [0.15, 0.2) is 12.4 Å². The Kier molecular flexibility index (Phi) is 2.93. The molecule has 1 rings (SSSR count). The summed E-state index contributed by atoms with van der Waals surface area (Å²) in [6.07, 6.45) is -2.70. The lowest BCUT2D eigenvalue weighted by Gasteiger charge is -2.12. The maximum atomic E-state index is 12.3. The van der Waals surface area contributed by atoms with Crippen LogP contribution in [0.4, 0.5) is 17.6 Å². The molecule has 0 aromatic carbocycles. The van der Waals surface area contributed by atoms with E-state index < -0.39 is 18.8 Å². The summed E-state index contributed by atoms with van der Waals surface area (Å²) in [5, 5.41) is 0. The van der Waals surface area contributed by atoms with Gasteiger partial charge in [-0.2, -0.15) is 0 Å². The van der Waals surface area contributed by atoms with Crippen LogP contribution in [0, 0.1) is 6.92 Å². The van der Waals surface area contributed by atoms with Crippen LogP contribution in [0.1, 0.15) is 11.1 Å². The first kappa shape index (κ1) is 10.7. The highest BCUT2D eigenvalue weighted by Gasteiger charge is 2.32. The molecule has 0 bridgehead atoms. The number of aromatic nitrogens is 1. The highest BCUT2D eigenvalue weighted by molar-refractivity contribution is 5.35. The first-order valence-electron chi connectivity index (χ1n) is 3.69. The molecular weight excluding hydrogens is 202 g/mol. The highest BCUT2D eigenvalue weighted by atomic mass is 19.4. The third-order valence-corrected chi connectivity index (χ3v) is 1.59. The second kappa shape index (κ2) is 3.81. The third-order valence-electron chi connectivity index (χ3n) is 1.59. The molecular formula is C8H7F4NO. The van der Waals surface area contributed by atoms with Gasteiger partial charge in [0.05, 0.1) is 6.20 Å². The number of rotatable bonds is 2. The van der Waals surface area contributed by atoms with Gasteiger partial charge in [-0.05, 0) is 12.5 Å². The molecule has 0 atom stereocenters. The summed E-state index contributed by atoms with van der Waals surface area (Å²) < 4.78 is 51.4. The number of hydrogen-bond donors (Lipinski definition) is 0. The minimum atomic E-state index is -4.82. The zero-order valence-corrected chi connectivity index (χ0v) is 7.23. The van der Waals surface area contributed by atoms with Crippen molar-refractivity contribution in [3.63, 3.8) is 0 Å². The maximum Gasteiger partial charge on any atom is 0.573 e. The zero-order valence-electron chi connectivity index (χ0n) is 7.23. The fourth-order valence-electron chi connectivity index (χ4n) is 0.951. The lowest BCUT2D eigenvalue weighted by atomic mass is 10.1. The van der Waals surface area contributed by atoms with Crippen LogP contribution < -0.4 is 4.74 Å². The standard InChI is InChI=1S/C8H7F4NO/c1-5-3-13-4-7(6(5)2-9)14-8(10,11)12/h3-4H,2H2,1H3. The van der Waals surface area contributed by atoms with E-state index in [0.29, 0.717) is 5.56 Å². The minimum absolute atomic E-state index is 0.127. The summed E-state index contributed by atoms with van der Waals surface area (Å²) in [5.74, 6) is -0.583. The normalized spacial score (nSPS) is 11.5. The van der Waals surface area contributed by atoms with E-state index in [9.17, 15) is 17.6 Å². The Morgan fingerprint density at radius 1 is 1.36 bits per heavy atom. The van der Waals surface area contributed by atoms with Crippen LogP contribution in [-0.4, -0.2) is 11.3 Å². The molecule has 78 valence electrons. The van der Waals surface area contributed by atoms with Gasteiger partial charge in [-0.25, -0.2) is 4.39 Å². The molecule has 14 heavy (non-hydrogen) atoms. The Morgan fingerprint density at radius 2 is 2.00 bits per heavy atom. The van der Waals surface area contributed by atoms with Gasteiger partial charge in [0, 0.05) is 11.8 Å². The van der Waals surface area contributed by atoms with Crippen molar-refractivity contribution in [1.29, 1.82) is 0 Å². The predicted octanol–water partition coefficient (Wildman–Crippen LogP) is 2.76. The number of aryl methyl sites for hydroxylation is 1. The molecule has 0 saturated heterocycles. The van der Waals surface area contributed by atoms with Crippen molar-refractivity contribution in [1.82, 2.24) is 4.98 Å². The van der Waals surface area contributed by atoms with E-state index in [4.69, 9.17) is 0 Å². The Morgan fingerprint density at radius 3 is 2.50 bits per heavy atom. The molecule has 0 aliphatic rings. The Bertz CT molecular complexity index is 324. The lowest BCUT2D eigenvalue weighted by Crippen LogP contribution is -2.18. The van der Waals surface area contributed by atoms with Crippen molar-refractivity contribution in [2.45, 2.75) is 20.0 Å². The number of hydrogen-bond acceptors (Lipinski definition) is 2. The average molecular weight is 209 g/mol. The SMILES string of the molecule is Cc1cncc(OC(F)(F)F)c1CF. The van der Waals surface area contributed by atoms with Crippen molar-refractivity contribution in [3.8, 4) is 5.75 Å². The molecule has 0 aliphatic heterocycles. The number of pyridine rings is 1. The quantitative estimate of drug-likeness (QED) is 0.698. The summed E-state index contributed by atoms with van der Waals surface area (Å²) >= 11 is 0. The van der Waals surface area contributed by atoms with Crippen molar-refractivity contribution < 1.29 is 22.3 Å². The molecule has 0 spiro atoms. The predicted molar refractivity (Wildman–Crippen MR) is 40.5 cm³/mol. The van der Waals surface area contributed by atoms with Crippen LogP contribution in [0.25, 0.3) is 0 Å². The minimum Gasteiger partial charge on any atom is -0.404 e. The topological polar surface area (TPSA) is 22.1 Å². The largest absolute Gasteiger partial charge is 0.573 e. The summed E-state index contributed by atoms with van der Waals surface area (Å²) in [7, 11) is 0. The van der Waals surface area contributed by atoms with Crippen LogP contribution >= 0.6 is 0 Å². The molecule has 0 amide bonds. The van der Waals surface area contributed by atoms with Gasteiger partial charge in [0.1, 0.15) is 6.67 Å². The lowest BCUT2D eigenvalue weighted by molar-refractivity contribution is -0.275. The van der Waals surface area contributed by atoms with Gasteiger partial charge >= 0.3 is 6.36 Å². The number of nitrogens with zero attached hydrogens (tertiary/aromatic N) is 1. The number of halogens is 4. The first-order chi connectivity index (χ1) is 6.44. The molecule has 0 unspecified atom stereocenters. The molecule has 0 saturated carbocycles. The van der Waals surface area contributed by atoms with Crippen LogP contribution in [-0.2, 0) is 6.67 Å². The van der Waals surface area contributed by atoms with Gasteiger partial charge in [-0.15, -0.1) is 13.2 Å². The smallest absolute Gasteiger partial charge is 0.404 e. The van der Waals surface area contributed by atoms with Gasteiger partial charge in [-0.1, -0.05) is 0 Å². The average Bonchev–Trinajstić information content (AvgIpc) is 2.01. The fourth-order valence-corrected chi connectivity index (χ4v) is 0.951. The zero-order chi connectivity index (χ0) is 10.8. The number of alkyl halides is 4. The van der Waals surface area contributed by atoms with E-state index in [1.54, 1.807) is 0 Å². The Labute approximate surface area is 77.5 Å².